The van der Waals surface area contributed by atoms with Crippen LogP contribution in [0.4, 0.5) is 10.5 Å². The van der Waals surface area contributed by atoms with E-state index in [2.05, 4.69) is 30.8 Å². The van der Waals surface area contributed by atoms with Crippen molar-refractivity contribution in [3.8, 4) is 0 Å². The van der Waals surface area contributed by atoms with Crippen LogP contribution in [0.15, 0.2) is 67.0 Å². The molecule has 1 spiro atoms. The van der Waals surface area contributed by atoms with Crippen molar-refractivity contribution in [2.75, 3.05) is 31.2 Å². The minimum Gasteiger partial charge on any atom is -0.458 e. The quantitative estimate of drug-likeness (QED) is 0.0847. The number of imidazole rings is 1. The average Bonchev–Trinajstić information content (AvgIpc) is 3.89. The van der Waals surface area contributed by atoms with E-state index < -0.39 is 34.6 Å². The lowest BCUT2D eigenvalue weighted by atomic mass is 9.85. The number of carbonyl (C=O) groups is 4. The fourth-order valence-corrected chi connectivity index (χ4v) is 7.50. The molecular formula is C41H55N9O5. The van der Waals surface area contributed by atoms with E-state index >= 15 is 0 Å². The summed E-state index contributed by atoms with van der Waals surface area (Å²) in [5, 5.41) is 10.2. The van der Waals surface area contributed by atoms with Crippen molar-refractivity contribution in [1.82, 2.24) is 35.8 Å². The third-order valence-corrected chi connectivity index (χ3v) is 10.8. The second kappa shape index (κ2) is 16.2. The molecule has 2 aromatic carbocycles. The Bertz CT molecular complexity index is 1970. The van der Waals surface area contributed by atoms with E-state index in [1.54, 1.807) is 45.7 Å². The standard InChI is InChI=1S/C41H55N9O5/c1-39(2,3)55-35(51)31(17-11-12-20-42)46-36(52)40(4,5)33-25-44-34(48-33)32(23-27-24-43-30-16-10-9-15-29(27)30)47-38(54)49-21-18-41(19-22-49)37(53)45-26-50(41)28-13-7-6-8-14-28/h6-10,13-16,24-25,31-32,43H,11-12,17-23,26,42H2,1-5H3,(H,44,48)(H,45,53)(H,46,52)(H,47,54)/t31-,32-/m1/s1. The van der Waals surface area contributed by atoms with Crippen LogP contribution in [0.1, 0.15) is 89.8 Å². The van der Waals surface area contributed by atoms with Crippen LogP contribution in [0.2, 0.25) is 0 Å². The second-order valence-electron chi connectivity index (χ2n) is 16.2. The largest absolute Gasteiger partial charge is 0.458 e. The fraction of sp³-hybridized carbons (Fsp3) is 0.488. The van der Waals surface area contributed by atoms with E-state index in [0.717, 1.165) is 22.2 Å². The normalized spacial score (nSPS) is 16.9. The highest BCUT2D eigenvalue weighted by Crippen LogP contribution is 2.36. The number of para-hydroxylation sites is 2. The van der Waals surface area contributed by atoms with E-state index in [1.165, 1.54) is 0 Å². The van der Waals surface area contributed by atoms with Gasteiger partial charge in [0.15, 0.2) is 0 Å². The van der Waals surface area contributed by atoms with Crippen molar-refractivity contribution in [3.05, 3.63) is 84.1 Å². The van der Waals surface area contributed by atoms with Gasteiger partial charge >= 0.3 is 12.0 Å². The first-order valence-corrected chi connectivity index (χ1v) is 19.2. The minimum absolute atomic E-state index is 0.0173. The number of nitrogens with two attached hydrogens (primary N) is 1. The first-order valence-electron chi connectivity index (χ1n) is 19.2. The molecule has 2 aromatic heterocycles. The Kier molecular flexibility index (Phi) is 11.6. The smallest absolute Gasteiger partial charge is 0.329 e. The van der Waals surface area contributed by atoms with Gasteiger partial charge in [-0.1, -0.05) is 36.4 Å². The number of aromatic nitrogens is 3. The molecule has 0 radical (unpaired) electrons. The molecule has 2 aliphatic heterocycles. The lowest BCUT2D eigenvalue weighted by Crippen LogP contribution is -2.58. The van der Waals surface area contributed by atoms with Crippen LogP contribution < -0.4 is 26.6 Å². The van der Waals surface area contributed by atoms with Crippen LogP contribution in [0.5, 0.6) is 0 Å². The van der Waals surface area contributed by atoms with Crippen LogP contribution in [-0.4, -0.2) is 87.2 Å². The van der Waals surface area contributed by atoms with Gasteiger partial charge in [0.05, 0.1) is 18.1 Å². The summed E-state index contributed by atoms with van der Waals surface area (Å²) in [6, 6.07) is 16.2. The number of unbranched alkanes of at least 4 members (excludes halogenated alkanes) is 1. The van der Waals surface area contributed by atoms with Gasteiger partial charge in [0.1, 0.15) is 23.0 Å². The van der Waals surface area contributed by atoms with Crippen LogP contribution >= 0.6 is 0 Å². The predicted molar refractivity (Wildman–Crippen MR) is 211 cm³/mol. The van der Waals surface area contributed by atoms with E-state index in [4.69, 9.17) is 15.5 Å². The summed E-state index contributed by atoms with van der Waals surface area (Å²) in [7, 11) is 0. The van der Waals surface area contributed by atoms with Crippen molar-refractivity contribution in [1.29, 1.82) is 0 Å². The summed E-state index contributed by atoms with van der Waals surface area (Å²) in [5.41, 5.74) is 6.60. The molecule has 2 aliphatic rings. The van der Waals surface area contributed by atoms with Gasteiger partial charge in [0, 0.05) is 54.2 Å². The highest BCUT2D eigenvalue weighted by atomic mass is 16.6. The molecule has 7 N–H and O–H groups in total. The minimum atomic E-state index is -1.12. The molecule has 0 saturated carbocycles. The molecule has 4 heterocycles. The summed E-state index contributed by atoms with van der Waals surface area (Å²) in [5.74, 6) is -0.395. The Morgan fingerprint density at radius 2 is 1.69 bits per heavy atom. The van der Waals surface area contributed by atoms with Crippen molar-refractivity contribution in [2.45, 2.75) is 102 Å². The molecule has 55 heavy (non-hydrogen) atoms. The summed E-state index contributed by atoms with van der Waals surface area (Å²) >= 11 is 0. The van der Waals surface area contributed by atoms with Crippen LogP contribution in [0.25, 0.3) is 10.9 Å². The number of nitrogens with zero attached hydrogens (tertiary/aromatic N) is 3. The Labute approximate surface area is 322 Å². The molecule has 0 unspecified atom stereocenters. The number of piperidine rings is 1. The van der Waals surface area contributed by atoms with Gasteiger partial charge in [-0.25, -0.2) is 14.6 Å². The Morgan fingerprint density at radius 1 is 0.982 bits per heavy atom. The lowest BCUT2D eigenvalue weighted by molar-refractivity contribution is -0.159. The molecular weight excluding hydrogens is 699 g/mol. The summed E-state index contributed by atoms with van der Waals surface area (Å²) in [4.78, 5) is 69.6. The van der Waals surface area contributed by atoms with Crippen molar-refractivity contribution in [2.24, 2.45) is 5.73 Å². The molecule has 14 nitrogen and oxygen atoms in total. The van der Waals surface area contributed by atoms with Gasteiger partial charge < -0.3 is 46.2 Å². The zero-order valence-corrected chi connectivity index (χ0v) is 32.5. The second-order valence-corrected chi connectivity index (χ2v) is 16.2. The predicted octanol–water partition coefficient (Wildman–Crippen LogP) is 4.55. The maximum atomic E-state index is 14.0. The van der Waals surface area contributed by atoms with Crippen molar-refractivity contribution in [3.63, 3.8) is 0 Å². The number of H-pyrrole nitrogens is 2. The zero-order valence-electron chi connectivity index (χ0n) is 32.5. The number of aromatic amines is 2. The number of anilines is 1. The lowest BCUT2D eigenvalue weighted by Gasteiger charge is -2.43. The molecule has 4 aromatic rings. The molecule has 294 valence electrons. The number of likely N-dealkylation sites (tertiary alicyclic amines) is 1. The number of ether oxygens (including phenoxy) is 1. The van der Waals surface area contributed by atoms with Crippen LogP contribution in [0, 0.1) is 0 Å². The number of amides is 4. The fourth-order valence-electron chi connectivity index (χ4n) is 7.50. The maximum absolute atomic E-state index is 14.0. The third kappa shape index (κ3) is 8.64. The summed E-state index contributed by atoms with van der Waals surface area (Å²) in [6.45, 7) is 10.6. The number of fused-ring (bicyclic) bond motifs is 1. The first-order chi connectivity index (χ1) is 26.2. The molecule has 4 amide bonds. The molecule has 0 bridgehead atoms. The van der Waals surface area contributed by atoms with Crippen molar-refractivity contribution >= 4 is 40.4 Å². The van der Waals surface area contributed by atoms with E-state index in [9.17, 15) is 19.2 Å². The molecule has 2 saturated heterocycles. The average molecular weight is 754 g/mol. The molecule has 2 fully saturated rings. The van der Waals surface area contributed by atoms with Gasteiger partial charge in [0.25, 0.3) is 0 Å². The van der Waals surface area contributed by atoms with E-state index in [0.29, 0.717) is 76.3 Å². The topological polar surface area (TPSA) is 191 Å². The molecule has 6 rings (SSSR count). The van der Waals surface area contributed by atoms with Gasteiger partial charge in [-0.2, -0.15) is 0 Å². The van der Waals surface area contributed by atoms with Crippen molar-refractivity contribution < 1.29 is 23.9 Å². The molecule has 0 aliphatic carbocycles. The third-order valence-electron chi connectivity index (χ3n) is 10.8. The number of rotatable bonds is 13. The molecule has 2 atom stereocenters. The SMILES string of the molecule is CC(C)(C)OC(=O)[C@@H](CCCCN)NC(=O)C(C)(C)c1cnc([C@@H](Cc2c[nH]c3ccccc23)NC(=O)N2CCC3(CC2)C(=O)NCN3c2ccccc2)[nH]1. The number of hydrogen-bond donors (Lipinski definition) is 6. The highest BCUT2D eigenvalue weighted by molar-refractivity contribution is 5.94. The number of esters is 1. The summed E-state index contributed by atoms with van der Waals surface area (Å²) < 4.78 is 5.64. The molecule has 14 heteroatoms. The van der Waals surface area contributed by atoms with Gasteiger partial charge in [-0.05, 0) is 97.0 Å². The summed E-state index contributed by atoms with van der Waals surface area (Å²) in [6.07, 6.45) is 6.70. The van der Waals surface area contributed by atoms with E-state index in [1.807, 2.05) is 60.8 Å². The van der Waals surface area contributed by atoms with E-state index in [-0.39, 0.29) is 17.8 Å². The van der Waals surface area contributed by atoms with Gasteiger partial charge in [0.2, 0.25) is 11.8 Å². The Morgan fingerprint density at radius 3 is 2.40 bits per heavy atom. The first kappa shape index (κ1) is 39.3. The van der Waals surface area contributed by atoms with Gasteiger partial charge in [-0.3, -0.25) is 9.59 Å². The number of urea groups is 1. The number of carbonyl (C=O) groups excluding carboxylic acids is 4. The maximum Gasteiger partial charge on any atom is 0.329 e. The van der Waals surface area contributed by atoms with Crippen LogP contribution in [0.3, 0.4) is 0 Å². The number of hydrogen-bond acceptors (Lipinski definition) is 8. The number of nitrogens with one attached hydrogen (secondary N) is 5. The Balaban J connectivity index is 1.20. The Hall–Kier alpha value is -5.37. The highest BCUT2D eigenvalue weighted by Gasteiger charge is 2.51. The van der Waals surface area contributed by atoms with Gasteiger partial charge in [-0.15, -0.1) is 0 Å². The monoisotopic (exact) mass is 753 g/mol. The van der Waals surface area contributed by atoms with Crippen LogP contribution in [-0.2, 0) is 31.0 Å². The number of benzene rings is 2. The zero-order chi connectivity index (χ0) is 39.4.